The molecular weight excluding hydrogens is 560 g/mol. The number of nitrogens with one attached hydrogen (secondary N) is 1. The zero-order valence-corrected chi connectivity index (χ0v) is 26.4. The second kappa shape index (κ2) is 15.5. The number of carbonyl (C=O) groups is 3. The molecule has 0 aliphatic carbocycles. The van der Waals surface area contributed by atoms with Crippen LogP contribution in [0.3, 0.4) is 0 Å². The normalized spacial score (nSPS) is 15.9. The lowest BCUT2D eigenvalue weighted by Crippen LogP contribution is -2.53. The zero-order valence-electron chi connectivity index (χ0n) is 26.4. The summed E-state index contributed by atoms with van der Waals surface area (Å²) in [6.07, 6.45) is 4.27. The lowest BCUT2D eigenvalue weighted by Gasteiger charge is -2.33. The quantitative estimate of drug-likeness (QED) is 0.201. The Balaban J connectivity index is 1.36. The third-order valence-electron chi connectivity index (χ3n) is 8.95. The van der Waals surface area contributed by atoms with Crippen LogP contribution < -0.4 is 5.32 Å². The van der Waals surface area contributed by atoms with E-state index in [0.717, 1.165) is 34.9 Å². The number of hydrogen-bond acceptors (Lipinski definition) is 4. The summed E-state index contributed by atoms with van der Waals surface area (Å²) < 4.78 is 0. The topological polar surface area (TPSA) is 82.6 Å². The molecule has 1 aromatic heterocycles. The molecule has 0 spiro atoms. The van der Waals surface area contributed by atoms with Gasteiger partial charge in [0.05, 0.1) is 5.52 Å². The van der Waals surface area contributed by atoms with Gasteiger partial charge in [0.15, 0.2) is 0 Å². The predicted octanol–water partition coefficient (Wildman–Crippen LogP) is 6.07. The average molecular weight is 605 g/mol. The molecule has 3 amide bonds. The van der Waals surface area contributed by atoms with Gasteiger partial charge in [-0.05, 0) is 61.8 Å². The standard InChI is InChI=1S/C38H44N4O3/c1-3-28(2)36(43)40-35(22-20-29-13-6-4-7-14-29)38(45)42-25-12-18-32(42)27-41(26-24-30-15-8-5-9-16-30)37(44)34-23-21-31-17-10-11-19-33(31)39-34/h4-11,13-17,19,21,23,28,32,35H,3,12,18,20,22,24-27H2,1-2H3,(H,40,43)/t28-,32+,35+/m1/s1. The summed E-state index contributed by atoms with van der Waals surface area (Å²) in [6, 6.07) is 31.0. The molecule has 0 unspecified atom stereocenters. The first-order valence-electron chi connectivity index (χ1n) is 16.3. The fourth-order valence-electron chi connectivity index (χ4n) is 6.01. The highest BCUT2D eigenvalue weighted by Gasteiger charge is 2.36. The van der Waals surface area contributed by atoms with Gasteiger partial charge in [-0.15, -0.1) is 0 Å². The number of aryl methyl sites for hydroxylation is 1. The number of carbonyl (C=O) groups excluding carboxylic acids is 3. The first-order chi connectivity index (χ1) is 21.9. The molecule has 1 aliphatic rings. The summed E-state index contributed by atoms with van der Waals surface area (Å²) >= 11 is 0. The Labute approximate surface area is 266 Å². The van der Waals surface area contributed by atoms with Gasteiger partial charge < -0.3 is 15.1 Å². The van der Waals surface area contributed by atoms with E-state index in [9.17, 15) is 14.4 Å². The molecule has 3 aromatic carbocycles. The lowest BCUT2D eigenvalue weighted by molar-refractivity contribution is -0.138. The van der Waals surface area contributed by atoms with Gasteiger partial charge in [-0.1, -0.05) is 98.8 Å². The van der Waals surface area contributed by atoms with E-state index >= 15 is 0 Å². The molecule has 234 valence electrons. The molecule has 7 nitrogen and oxygen atoms in total. The van der Waals surface area contributed by atoms with E-state index in [0.29, 0.717) is 51.0 Å². The van der Waals surface area contributed by atoms with Crippen LogP contribution in [0.15, 0.2) is 97.1 Å². The molecular formula is C38H44N4O3. The number of rotatable bonds is 13. The minimum atomic E-state index is -0.622. The summed E-state index contributed by atoms with van der Waals surface area (Å²) in [6.45, 7) is 5.41. The SMILES string of the molecule is CC[C@@H](C)C(=O)N[C@@H](CCc1ccccc1)C(=O)N1CCC[C@H]1CN(CCc1ccccc1)C(=O)c1ccc2ccccc2n1. The van der Waals surface area contributed by atoms with E-state index in [4.69, 9.17) is 4.98 Å². The van der Waals surface area contributed by atoms with Gasteiger partial charge in [0, 0.05) is 37.0 Å². The Morgan fingerprint density at radius 3 is 2.27 bits per heavy atom. The number of para-hydroxylation sites is 1. The predicted molar refractivity (Wildman–Crippen MR) is 179 cm³/mol. The van der Waals surface area contributed by atoms with Crippen molar-refractivity contribution in [2.45, 2.75) is 64.5 Å². The molecule has 45 heavy (non-hydrogen) atoms. The van der Waals surface area contributed by atoms with Crippen LogP contribution in [0.25, 0.3) is 10.9 Å². The molecule has 3 atom stereocenters. The number of hydrogen-bond donors (Lipinski definition) is 1. The van der Waals surface area contributed by atoms with Gasteiger partial charge in [-0.2, -0.15) is 0 Å². The molecule has 1 N–H and O–H groups in total. The molecule has 1 fully saturated rings. The fourth-order valence-corrected chi connectivity index (χ4v) is 6.01. The van der Waals surface area contributed by atoms with E-state index in [1.54, 1.807) is 6.07 Å². The van der Waals surface area contributed by atoms with Gasteiger partial charge in [0.1, 0.15) is 11.7 Å². The van der Waals surface area contributed by atoms with Crippen LogP contribution in [-0.2, 0) is 22.4 Å². The van der Waals surface area contributed by atoms with Gasteiger partial charge in [-0.3, -0.25) is 14.4 Å². The third kappa shape index (κ3) is 8.35. The van der Waals surface area contributed by atoms with E-state index in [-0.39, 0.29) is 29.7 Å². The second-order valence-electron chi connectivity index (χ2n) is 12.1. The lowest BCUT2D eigenvalue weighted by atomic mass is 10.0. The summed E-state index contributed by atoms with van der Waals surface area (Å²) in [7, 11) is 0. The second-order valence-corrected chi connectivity index (χ2v) is 12.1. The van der Waals surface area contributed by atoms with Crippen molar-refractivity contribution in [3.8, 4) is 0 Å². The van der Waals surface area contributed by atoms with Crippen molar-refractivity contribution < 1.29 is 14.4 Å². The smallest absolute Gasteiger partial charge is 0.272 e. The van der Waals surface area contributed by atoms with Gasteiger partial charge in [-0.25, -0.2) is 4.98 Å². The van der Waals surface area contributed by atoms with Crippen LogP contribution in [0.5, 0.6) is 0 Å². The van der Waals surface area contributed by atoms with Crippen LogP contribution in [0.1, 0.15) is 61.1 Å². The van der Waals surface area contributed by atoms with E-state index < -0.39 is 6.04 Å². The van der Waals surface area contributed by atoms with Crippen molar-refractivity contribution in [1.82, 2.24) is 20.1 Å². The third-order valence-corrected chi connectivity index (χ3v) is 8.95. The summed E-state index contributed by atoms with van der Waals surface area (Å²) in [4.78, 5) is 49.6. The van der Waals surface area contributed by atoms with Gasteiger partial charge in [0.2, 0.25) is 11.8 Å². The average Bonchev–Trinajstić information content (AvgIpc) is 3.56. The number of nitrogens with zero attached hydrogens (tertiary/aromatic N) is 3. The number of fused-ring (bicyclic) bond motifs is 1. The number of benzene rings is 3. The van der Waals surface area contributed by atoms with Crippen molar-refractivity contribution in [3.05, 3.63) is 114 Å². The van der Waals surface area contributed by atoms with E-state index in [1.807, 2.05) is 103 Å². The maximum Gasteiger partial charge on any atom is 0.272 e. The van der Waals surface area contributed by atoms with Crippen LogP contribution in [0.2, 0.25) is 0 Å². The first kappa shape index (κ1) is 31.9. The highest BCUT2D eigenvalue weighted by atomic mass is 16.2. The molecule has 5 rings (SSSR count). The minimum Gasteiger partial charge on any atom is -0.344 e. The minimum absolute atomic E-state index is 0.0654. The molecule has 7 heteroatoms. The van der Waals surface area contributed by atoms with Crippen molar-refractivity contribution in [3.63, 3.8) is 0 Å². The van der Waals surface area contributed by atoms with E-state index in [1.165, 1.54) is 0 Å². The van der Waals surface area contributed by atoms with Crippen LogP contribution >= 0.6 is 0 Å². The Bertz CT molecular complexity index is 1580. The molecule has 1 saturated heterocycles. The monoisotopic (exact) mass is 604 g/mol. The highest BCUT2D eigenvalue weighted by Crippen LogP contribution is 2.23. The first-order valence-corrected chi connectivity index (χ1v) is 16.3. The summed E-state index contributed by atoms with van der Waals surface area (Å²) in [5.74, 6) is -0.472. The molecule has 1 aliphatic heterocycles. The Kier molecular flexibility index (Phi) is 11.0. The number of amides is 3. The number of pyridine rings is 1. The van der Waals surface area contributed by atoms with Crippen molar-refractivity contribution >= 4 is 28.6 Å². The van der Waals surface area contributed by atoms with Crippen molar-refractivity contribution in [2.24, 2.45) is 5.92 Å². The van der Waals surface area contributed by atoms with Crippen molar-refractivity contribution in [1.29, 1.82) is 0 Å². The van der Waals surface area contributed by atoms with Gasteiger partial charge in [0.25, 0.3) is 5.91 Å². The molecule has 0 bridgehead atoms. The fraction of sp³-hybridized carbons (Fsp3) is 0.368. The maximum absolute atomic E-state index is 14.2. The summed E-state index contributed by atoms with van der Waals surface area (Å²) in [5, 5.41) is 4.06. The molecule has 4 aromatic rings. The van der Waals surface area contributed by atoms with Crippen molar-refractivity contribution in [2.75, 3.05) is 19.6 Å². The molecule has 2 heterocycles. The van der Waals surface area contributed by atoms with Crippen LogP contribution in [0.4, 0.5) is 0 Å². The summed E-state index contributed by atoms with van der Waals surface area (Å²) in [5.41, 5.74) is 3.46. The number of aromatic nitrogens is 1. The molecule has 0 saturated carbocycles. The Hall–Kier alpha value is -4.52. The van der Waals surface area contributed by atoms with Crippen LogP contribution in [0, 0.1) is 5.92 Å². The zero-order chi connectivity index (χ0) is 31.6. The largest absolute Gasteiger partial charge is 0.344 e. The Morgan fingerprint density at radius 2 is 1.56 bits per heavy atom. The maximum atomic E-state index is 14.2. The Morgan fingerprint density at radius 1 is 0.889 bits per heavy atom. The number of likely N-dealkylation sites (tertiary alicyclic amines) is 1. The van der Waals surface area contributed by atoms with E-state index in [2.05, 4.69) is 17.4 Å². The molecule has 0 radical (unpaired) electrons. The van der Waals surface area contributed by atoms with Gasteiger partial charge >= 0.3 is 0 Å². The van der Waals surface area contributed by atoms with Crippen LogP contribution in [-0.4, -0.2) is 64.2 Å². The highest BCUT2D eigenvalue weighted by molar-refractivity contribution is 5.95.